The van der Waals surface area contributed by atoms with E-state index in [1.807, 2.05) is 43.3 Å². The molecule has 1 aromatic carbocycles. The van der Waals surface area contributed by atoms with E-state index in [1.165, 1.54) is 16.9 Å². The average Bonchev–Trinajstić information content (AvgIpc) is 2.81. The lowest BCUT2D eigenvalue weighted by atomic mass is 10.2. The molecule has 1 atom stereocenters. The van der Waals surface area contributed by atoms with Crippen LogP contribution in [0.15, 0.2) is 36.4 Å². The Hall–Kier alpha value is -1.07. The van der Waals surface area contributed by atoms with Crippen LogP contribution in [0.4, 0.5) is 0 Å². The maximum atomic E-state index is 5.93. The van der Waals surface area contributed by atoms with E-state index >= 15 is 0 Å². The smallest absolute Gasteiger partial charge is 0.119 e. The molecule has 0 aliphatic rings. The van der Waals surface area contributed by atoms with Crippen LogP contribution in [0.3, 0.4) is 0 Å². The van der Waals surface area contributed by atoms with Crippen molar-refractivity contribution in [2.45, 2.75) is 19.4 Å². The second-order valence-electron chi connectivity index (χ2n) is 4.31. The van der Waals surface area contributed by atoms with Gasteiger partial charge in [0.1, 0.15) is 5.75 Å². The van der Waals surface area contributed by atoms with Crippen molar-refractivity contribution < 1.29 is 4.74 Å². The van der Waals surface area contributed by atoms with E-state index in [-0.39, 0.29) is 6.04 Å². The minimum atomic E-state index is 0.0716. The summed E-state index contributed by atoms with van der Waals surface area (Å²) in [6, 6.07) is 12.0. The molecule has 0 saturated heterocycles. The lowest BCUT2D eigenvalue weighted by molar-refractivity contribution is 0.288. The van der Waals surface area contributed by atoms with Gasteiger partial charge in [0.25, 0.3) is 0 Å². The van der Waals surface area contributed by atoms with E-state index < -0.39 is 0 Å². The number of rotatable bonds is 6. The zero-order valence-corrected chi connectivity index (χ0v) is 12.3. The van der Waals surface area contributed by atoms with Gasteiger partial charge in [0.2, 0.25) is 0 Å². The van der Waals surface area contributed by atoms with Crippen LogP contribution in [0.2, 0.25) is 4.34 Å². The molecule has 5 heteroatoms. The van der Waals surface area contributed by atoms with E-state index in [2.05, 4.69) is 5.43 Å². The second kappa shape index (κ2) is 6.91. The van der Waals surface area contributed by atoms with Crippen molar-refractivity contribution in [1.29, 1.82) is 0 Å². The van der Waals surface area contributed by atoms with Crippen LogP contribution in [-0.4, -0.2) is 6.61 Å². The SMILES string of the molecule is Cc1cccc(OCCC(NN)c2ccc(Cl)s2)c1. The van der Waals surface area contributed by atoms with E-state index in [0.717, 1.165) is 21.4 Å². The van der Waals surface area contributed by atoms with Crippen molar-refractivity contribution in [1.82, 2.24) is 5.43 Å². The Bertz CT molecular complexity index is 530. The maximum Gasteiger partial charge on any atom is 0.119 e. The zero-order valence-electron chi connectivity index (χ0n) is 10.7. The number of halogens is 1. The standard InChI is InChI=1S/C14H17ClN2OS/c1-10-3-2-4-11(9-10)18-8-7-12(17-16)13-5-6-14(15)19-13/h2-6,9,12,17H,7-8,16H2,1H3. The molecule has 0 aliphatic carbocycles. The van der Waals surface area contributed by atoms with Gasteiger partial charge in [-0.2, -0.15) is 0 Å². The highest BCUT2D eigenvalue weighted by molar-refractivity contribution is 7.16. The number of thiophene rings is 1. The third kappa shape index (κ3) is 4.21. The molecule has 19 heavy (non-hydrogen) atoms. The summed E-state index contributed by atoms with van der Waals surface area (Å²) >= 11 is 7.46. The molecule has 1 unspecified atom stereocenters. The van der Waals surface area contributed by atoms with Crippen molar-refractivity contribution in [3.05, 3.63) is 51.2 Å². The molecule has 0 amide bonds. The van der Waals surface area contributed by atoms with Gasteiger partial charge in [0.15, 0.2) is 0 Å². The largest absolute Gasteiger partial charge is 0.494 e. The fraction of sp³-hybridized carbons (Fsp3) is 0.286. The van der Waals surface area contributed by atoms with E-state index in [4.69, 9.17) is 22.2 Å². The molecule has 0 aliphatic heterocycles. The van der Waals surface area contributed by atoms with Crippen LogP contribution in [-0.2, 0) is 0 Å². The van der Waals surface area contributed by atoms with Gasteiger partial charge >= 0.3 is 0 Å². The fourth-order valence-corrected chi connectivity index (χ4v) is 2.98. The number of ether oxygens (including phenoxy) is 1. The monoisotopic (exact) mass is 296 g/mol. The molecular weight excluding hydrogens is 280 g/mol. The molecule has 102 valence electrons. The first-order chi connectivity index (χ1) is 9.19. The molecule has 3 nitrogen and oxygen atoms in total. The highest BCUT2D eigenvalue weighted by atomic mass is 35.5. The number of aryl methyl sites for hydroxylation is 1. The number of benzene rings is 1. The zero-order chi connectivity index (χ0) is 13.7. The molecular formula is C14H17ClN2OS. The predicted octanol–water partition coefficient (Wildman–Crippen LogP) is 3.68. The Morgan fingerprint density at radius 1 is 1.37 bits per heavy atom. The molecule has 2 aromatic rings. The second-order valence-corrected chi connectivity index (χ2v) is 6.06. The highest BCUT2D eigenvalue weighted by Gasteiger charge is 2.12. The Labute approximate surface area is 122 Å². The number of hydrogen-bond donors (Lipinski definition) is 2. The Morgan fingerprint density at radius 3 is 2.84 bits per heavy atom. The summed E-state index contributed by atoms with van der Waals surface area (Å²) in [5.74, 6) is 6.46. The van der Waals surface area contributed by atoms with Crippen LogP contribution >= 0.6 is 22.9 Å². The van der Waals surface area contributed by atoms with Gasteiger partial charge in [-0.25, -0.2) is 0 Å². The summed E-state index contributed by atoms with van der Waals surface area (Å²) in [5, 5.41) is 0. The van der Waals surface area contributed by atoms with Crippen LogP contribution in [0.5, 0.6) is 5.75 Å². The first kappa shape index (κ1) is 14.3. The molecule has 1 aromatic heterocycles. The Balaban J connectivity index is 1.87. The van der Waals surface area contributed by atoms with E-state index in [1.54, 1.807) is 0 Å². The van der Waals surface area contributed by atoms with Gasteiger partial charge in [-0.3, -0.25) is 11.3 Å². The molecule has 0 fully saturated rings. The van der Waals surface area contributed by atoms with Crippen molar-refractivity contribution in [2.75, 3.05) is 6.61 Å². The maximum absolute atomic E-state index is 5.93. The minimum Gasteiger partial charge on any atom is -0.494 e. The van der Waals surface area contributed by atoms with Gasteiger partial charge < -0.3 is 4.74 Å². The summed E-state index contributed by atoms with van der Waals surface area (Å²) in [4.78, 5) is 1.13. The topological polar surface area (TPSA) is 47.3 Å². The lowest BCUT2D eigenvalue weighted by Gasteiger charge is -2.14. The molecule has 0 bridgehead atoms. The summed E-state index contributed by atoms with van der Waals surface area (Å²) in [6.07, 6.45) is 0.793. The number of nitrogens with two attached hydrogens (primary N) is 1. The van der Waals surface area contributed by atoms with Crippen LogP contribution in [0, 0.1) is 6.92 Å². The highest BCUT2D eigenvalue weighted by Crippen LogP contribution is 2.28. The summed E-state index contributed by atoms with van der Waals surface area (Å²) < 4.78 is 6.50. The predicted molar refractivity (Wildman–Crippen MR) is 80.7 cm³/mol. The number of nitrogens with one attached hydrogen (secondary N) is 1. The number of hydrogen-bond acceptors (Lipinski definition) is 4. The fourth-order valence-electron chi connectivity index (χ4n) is 1.82. The van der Waals surface area contributed by atoms with Crippen LogP contribution < -0.4 is 16.0 Å². The van der Waals surface area contributed by atoms with Crippen molar-refractivity contribution in [3.8, 4) is 5.75 Å². The normalized spacial score (nSPS) is 12.4. The van der Waals surface area contributed by atoms with Gasteiger partial charge in [-0.15, -0.1) is 11.3 Å². The van der Waals surface area contributed by atoms with Gasteiger partial charge in [-0.05, 0) is 36.8 Å². The Morgan fingerprint density at radius 2 is 2.21 bits per heavy atom. The average molecular weight is 297 g/mol. The summed E-state index contributed by atoms with van der Waals surface area (Å²) in [7, 11) is 0. The quantitative estimate of drug-likeness (QED) is 0.631. The minimum absolute atomic E-state index is 0.0716. The third-order valence-corrected chi connectivity index (χ3v) is 4.15. The van der Waals surface area contributed by atoms with Crippen molar-refractivity contribution in [2.24, 2.45) is 5.84 Å². The molecule has 0 saturated carbocycles. The van der Waals surface area contributed by atoms with Crippen molar-refractivity contribution in [3.63, 3.8) is 0 Å². The number of hydrazine groups is 1. The van der Waals surface area contributed by atoms with Gasteiger partial charge in [0, 0.05) is 11.3 Å². The molecule has 3 N–H and O–H groups in total. The Kier molecular flexibility index (Phi) is 5.22. The molecule has 1 heterocycles. The van der Waals surface area contributed by atoms with Crippen LogP contribution in [0.1, 0.15) is 22.9 Å². The van der Waals surface area contributed by atoms with Crippen molar-refractivity contribution >= 4 is 22.9 Å². The van der Waals surface area contributed by atoms with Gasteiger partial charge in [-0.1, -0.05) is 23.7 Å². The molecule has 0 radical (unpaired) electrons. The third-order valence-electron chi connectivity index (χ3n) is 2.80. The summed E-state index contributed by atoms with van der Waals surface area (Å²) in [6.45, 7) is 2.65. The first-order valence-electron chi connectivity index (χ1n) is 6.10. The molecule has 0 spiro atoms. The van der Waals surface area contributed by atoms with E-state index in [9.17, 15) is 0 Å². The summed E-state index contributed by atoms with van der Waals surface area (Å²) in [5.41, 5.74) is 3.99. The lowest BCUT2D eigenvalue weighted by Crippen LogP contribution is -2.28. The van der Waals surface area contributed by atoms with Crippen LogP contribution in [0.25, 0.3) is 0 Å². The van der Waals surface area contributed by atoms with Gasteiger partial charge in [0.05, 0.1) is 17.0 Å². The molecule has 2 rings (SSSR count). The first-order valence-corrected chi connectivity index (χ1v) is 7.29. The van der Waals surface area contributed by atoms with E-state index in [0.29, 0.717) is 6.61 Å².